The molecule has 0 saturated carbocycles. The number of aryl methyl sites for hydroxylation is 1. The molecule has 0 spiro atoms. The van der Waals surface area contributed by atoms with E-state index in [1.807, 2.05) is 6.92 Å². The van der Waals surface area contributed by atoms with Crippen LogP contribution in [-0.4, -0.2) is 12.2 Å². The van der Waals surface area contributed by atoms with Gasteiger partial charge in [0, 0.05) is 17.4 Å². The van der Waals surface area contributed by atoms with Crippen LogP contribution in [0.5, 0.6) is 11.5 Å². The van der Waals surface area contributed by atoms with E-state index < -0.39 is 0 Å². The molecule has 0 radical (unpaired) electrons. The minimum absolute atomic E-state index is 0.167. The van der Waals surface area contributed by atoms with Crippen molar-refractivity contribution in [2.75, 3.05) is 6.61 Å². The maximum Gasteiger partial charge on any atom is 0.173 e. The molecule has 0 bridgehead atoms. The van der Waals surface area contributed by atoms with Gasteiger partial charge in [0.1, 0.15) is 11.4 Å². The SMILES string of the molecule is CCCCCc1cc(OOCC)c2c(c1)OC(C)(C)[C@@H]1CCC(C)=C[C@@H]21. The largest absolute Gasteiger partial charge is 0.487 e. The number of allylic oxidation sites excluding steroid dienone is 2. The summed E-state index contributed by atoms with van der Waals surface area (Å²) < 4.78 is 6.53. The van der Waals surface area contributed by atoms with Crippen LogP contribution >= 0.6 is 0 Å². The van der Waals surface area contributed by atoms with Crippen LogP contribution in [0.3, 0.4) is 0 Å². The summed E-state index contributed by atoms with van der Waals surface area (Å²) in [7, 11) is 0. The summed E-state index contributed by atoms with van der Waals surface area (Å²) >= 11 is 0. The normalized spacial score (nSPS) is 23.5. The summed E-state index contributed by atoms with van der Waals surface area (Å²) in [5, 5.41) is 0. The van der Waals surface area contributed by atoms with Gasteiger partial charge in [-0.1, -0.05) is 31.4 Å². The molecule has 0 aromatic heterocycles. The molecule has 3 rings (SSSR count). The third-order valence-electron chi connectivity index (χ3n) is 5.85. The number of ether oxygens (including phenoxy) is 1. The van der Waals surface area contributed by atoms with Crippen LogP contribution in [-0.2, 0) is 11.3 Å². The Morgan fingerprint density at radius 3 is 2.73 bits per heavy atom. The third-order valence-corrected chi connectivity index (χ3v) is 5.85. The summed E-state index contributed by atoms with van der Waals surface area (Å²) in [6.45, 7) is 11.4. The monoisotopic (exact) mass is 358 g/mol. The van der Waals surface area contributed by atoms with E-state index in [-0.39, 0.29) is 5.60 Å². The Bertz CT molecular complexity index is 660. The molecule has 0 fully saturated rings. The molecule has 1 aromatic carbocycles. The van der Waals surface area contributed by atoms with Crippen molar-refractivity contribution in [1.29, 1.82) is 0 Å². The average Bonchev–Trinajstić information content (AvgIpc) is 2.58. The van der Waals surface area contributed by atoms with Gasteiger partial charge in [0.2, 0.25) is 0 Å². The second kappa shape index (κ2) is 8.04. The van der Waals surface area contributed by atoms with E-state index in [2.05, 4.69) is 45.9 Å². The smallest absolute Gasteiger partial charge is 0.173 e. The summed E-state index contributed by atoms with van der Waals surface area (Å²) in [6.07, 6.45) is 9.45. The first-order valence-electron chi connectivity index (χ1n) is 10.3. The number of fused-ring (bicyclic) bond motifs is 3. The first-order chi connectivity index (χ1) is 12.5. The van der Waals surface area contributed by atoms with Crippen LogP contribution in [0.25, 0.3) is 0 Å². The molecule has 2 aliphatic rings. The Kier molecular flexibility index (Phi) is 5.96. The summed E-state index contributed by atoms with van der Waals surface area (Å²) in [5.74, 6) is 2.62. The first kappa shape index (κ1) is 19.3. The lowest BCUT2D eigenvalue weighted by molar-refractivity contribution is -0.203. The Hall–Kier alpha value is -1.48. The Balaban J connectivity index is 2.03. The van der Waals surface area contributed by atoms with Gasteiger partial charge in [-0.2, -0.15) is 4.89 Å². The van der Waals surface area contributed by atoms with Crippen molar-refractivity contribution < 1.29 is 14.5 Å². The molecule has 0 amide bonds. The van der Waals surface area contributed by atoms with Crippen molar-refractivity contribution in [2.24, 2.45) is 5.92 Å². The summed E-state index contributed by atoms with van der Waals surface area (Å²) in [5.41, 5.74) is 3.74. The summed E-state index contributed by atoms with van der Waals surface area (Å²) in [6, 6.07) is 4.40. The number of benzene rings is 1. The zero-order chi connectivity index (χ0) is 18.7. The molecule has 1 aliphatic carbocycles. The summed E-state index contributed by atoms with van der Waals surface area (Å²) in [4.78, 5) is 11.1. The minimum atomic E-state index is -0.167. The molecule has 3 heteroatoms. The highest BCUT2D eigenvalue weighted by Gasteiger charge is 2.45. The predicted molar refractivity (Wildman–Crippen MR) is 106 cm³/mol. The van der Waals surface area contributed by atoms with Crippen LogP contribution in [0.15, 0.2) is 23.8 Å². The van der Waals surface area contributed by atoms with Crippen LogP contribution in [0.4, 0.5) is 0 Å². The second-order valence-corrected chi connectivity index (χ2v) is 8.34. The van der Waals surface area contributed by atoms with Crippen molar-refractivity contribution >= 4 is 0 Å². The van der Waals surface area contributed by atoms with Gasteiger partial charge in [0.25, 0.3) is 0 Å². The lowest BCUT2D eigenvalue weighted by Gasteiger charge is -2.46. The highest BCUT2D eigenvalue weighted by molar-refractivity contribution is 5.54. The minimum Gasteiger partial charge on any atom is -0.487 e. The predicted octanol–water partition coefficient (Wildman–Crippen LogP) is 6.36. The van der Waals surface area contributed by atoms with Crippen molar-refractivity contribution in [3.8, 4) is 11.5 Å². The molecule has 1 aliphatic heterocycles. The van der Waals surface area contributed by atoms with E-state index in [4.69, 9.17) is 14.5 Å². The fourth-order valence-corrected chi connectivity index (χ4v) is 4.48. The fourth-order valence-electron chi connectivity index (χ4n) is 4.48. The van der Waals surface area contributed by atoms with Crippen LogP contribution in [0.1, 0.15) is 83.8 Å². The van der Waals surface area contributed by atoms with Gasteiger partial charge in [-0.15, -0.1) is 0 Å². The maximum absolute atomic E-state index is 6.53. The molecule has 144 valence electrons. The Morgan fingerprint density at radius 1 is 1.19 bits per heavy atom. The molecule has 0 N–H and O–H groups in total. The van der Waals surface area contributed by atoms with Crippen molar-refractivity contribution in [3.63, 3.8) is 0 Å². The standard InChI is InChI=1S/C23H34O3/c1-6-8-9-10-17-14-20-22(21(15-17)26-24-7-2)18-13-16(3)11-12-19(18)23(4,5)25-20/h13-15,18-19H,6-12H2,1-5H3/t18-,19-/m1/s1. The average molecular weight is 359 g/mol. The molecule has 2 atom stereocenters. The third kappa shape index (κ3) is 3.93. The van der Waals surface area contributed by atoms with Crippen LogP contribution in [0.2, 0.25) is 0 Å². The van der Waals surface area contributed by atoms with Gasteiger partial charge in [0.05, 0.1) is 6.61 Å². The number of hydrogen-bond acceptors (Lipinski definition) is 3. The highest BCUT2D eigenvalue weighted by Crippen LogP contribution is 2.53. The van der Waals surface area contributed by atoms with Crippen molar-refractivity contribution in [1.82, 2.24) is 0 Å². The van der Waals surface area contributed by atoms with Gasteiger partial charge in [-0.05, 0) is 71.1 Å². The van der Waals surface area contributed by atoms with Crippen molar-refractivity contribution in [3.05, 3.63) is 34.9 Å². The number of unbranched alkanes of at least 4 members (excludes halogenated alkanes) is 2. The zero-order valence-corrected chi connectivity index (χ0v) is 17.1. The van der Waals surface area contributed by atoms with E-state index >= 15 is 0 Å². The van der Waals surface area contributed by atoms with Gasteiger partial charge < -0.3 is 9.62 Å². The molecule has 0 unspecified atom stereocenters. The van der Waals surface area contributed by atoms with Crippen LogP contribution in [0, 0.1) is 5.92 Å². The highest BCUT2D eigenvalue weighted by atomic mass is 17.2. The topological polar surface area (TPSA) is 27.7 Å². The number of hydrogen-bond donors (Lipinski definition) is 0. The van der Waals surface area contributed by atoms with Gasteiger partial charge in [-0.3, -0.25) is 0 Å². The molecular weight excluding hydrogens is 324 g/mol. The Morgan fingerprint density at radius 2 is 2.00 bits per heavy atom. The molecule has 0 saturated heterocycles. The van der Waals surface area contributed by atoms with E-state index in [1.54, 1.807) is 0 Å². The van der Waals surface area contributed by atoms with E-state index in [0.717, 1.165) is 30.8 Å². The molecule has 1 heterocycles. The van der Waals surface area contributed by atoms with Gasteiger partial charge >= 0.3 is 0 Å². The van der Waals surface area contributed by atoms with Gasteiger partial charge in [-0.25, -0.2) is 0 Å². The zero-order valence-electron chi connectivity index (χ0n) is 17.1. The second-order valence-electron chi connectivity index (χ2n) is 8.34. The van der Waals surface area contributed by atoms with E-state index in [0.29, 0.717) is 18.4 Å². The van der Waals surface area contributed by atoms with E-state index in [1.165, 1.54) is 36.0 Å². The fraction of sp³-hybridized carbons (Fsp3) is 0.652. The molecular formula is C23H34O3. The number of rotatable bonds is 7. The molecule has 26 heavy (non-hydrogen) atoms. The maximum atomic E-state index is 6.53. The van der Waals surface area contributed by atoms with Crippen molar-refractivity contribution in [2.45, 2.75) is 84.7 Å². The van der Waals surface area contributed by atoms with E-state index in [9.17, 15) is 0 Å². The van der Waals surface area contributed by atoms with Gasteiger partial charge in [0.15, 0.2) is 5.75 Å². The molecule has 3 nitrogen and oxygen atoms in total. The molecule has 1 aromatic rings. The lowest BCUT2D eigenvalue weighted by atomic mass is 9.68. The van der Waals surface area contributed by atoms with Crippen LogP contribution < -0.4 is 9.62 Å². The first-order valence-corrected chi connectivity index (χ1v) is 10.3. The Labute approximate surface area is 158 Å². The lowest BCUT2D eigenvalue weighted by Crippen LogP contribution is -2.45. The quantitative estimate of drug-likeness (QED) is 0.246.